The first-order valence-electron chi connectivity index (χ1n) is 5.53. The number of rotatable bonds is 7. The molecule has 0 aromatic carbocycles. The Bertz CT molecular complexity index is 353. The van der Waals surface area contributed by atoms with Crippen molar-refractivity contribution in [3.8, 4) is 5.88 Å². The molecule has 0 aliphatic rings. The second-order valence-electron chi connectivity index (χ2n) is 3.69. The van der Waals surface area contributed by atoms with Crippen LogP contribution in [0, 0.1) is 0 Å². The van der Waals surface area contributed by atoms with E-state index < -0.39 is 12.6 Å². The number of ether oxygens (including phenoxy) is 1. The van der Waals surface area contributed by atoms with Gasteiger partial charge in [-0.1, -0.05) is 13.3 Å². The normalized spacial score (nSPS) is 10.0. The van der Waals surface area contributed by atoms with Gasteiger partial charge in [0.1, 0.15) is 0 Å². The van der Waals surface area contributed by atoms with Crippen LogP contribution >= 0.6 is 0 Å². The molecule has 94 valence electrons. The molecular formula is C11H17N3O3. The van der Waals surface area contributed by atoms with E-state index in [-0.39, 0.29) is 5.88 Å². The Hall–Kier alpha value is -1.85. The molecule has 0 saturated heterocycles. The minimum atomic E-state index is -1.03. The van der Waals surface area contributed by atoms with Crippen LogP contribution in [-0.2, 0) is 4.79 Å². The van der Waals surface area contributed by atoms with Gasteiger partial charge in [-0.25, -0.2) is 4.79 Å². The predicted molar refractivity (Wildman–Crippen MR) is 63.3 cm³/mol. The van der Waals surface area contributed by atoms with E-state index >= 15 is 0 Å². The number of unbranched alkanes of at least 4 members (excludes halogenated alkanes) is 1. The molecule has 1 aromatic rings. The third-order valence-electron chi connectivity index (χ3n) is 2.21. The molecule has 0 aliphatic carbocycles. The van der Waals surface area contributed by atoms with Crippen molar-refractivity contribution in [3.05, 3.63) is 12.1 Å². The van der Waals surface area contributed by atoms with Gasteiger partial charge in [0, 0.05) is 19.7 Å². The van der Waals surface area contributed by atoms with Gasteiger partial charge in [-0.15, -0.1) is 10.2 Å². The van der Waals surface area contributed by atoms with Gasteiger partial charge in [-0.3, -0.25) is 0 Å². The van der Waals surface area contributed by atoms with E-state index in [1.165, 1.54) is 0 Å². The molecular weight excluding hydrogens is 222 g/mol. The monoisotopic (exact) mass is 239 g/mol. The first-order valence-corrected chi connectivity index (χ1v) is 5.53. The zero-order chi connectivity index (χ0) is 12.7. The van der Waals surface area contributed by atoms with E-state index in [9.17, 15) is 4.79 Å². The minimum Gasteiger partial charge on any atom is -0.479 e. The fourth-order valence-electron chi connectivity index (χ4n) is 1.24. The van der Waals surface area contributed by atoms with Crippen molar-refractivity contribution in [2.24, 2.45) is 0 Å². The molecule has 17 heavy (non-hydrogen) atoms. The maximum atomic E-state index is 10.3. The molecule has 0 atom stereocenters. The van der Waals surface area contributed by atoms with Gasteiger partial charge >= 0.3 is 5.97 Å². The van der Waals surface area contributed by atoms with Crippen LogP contribution in [0.15, 0.2) is 12.1 Å². The van der Waals surface area contributed by atoms with E-state index in [0.29, 0.717) is 0 Å². The second kappa shape index (κ2) is 6.67. The van der Waals surface area contributed by atoms with Crippen LogP contribution in [0.3, 0.4) is 0 Å². The van der Waals surface area contributed by atoms with Crippen LogP contribution in [0.5, 0.6) is 5.88 Å². The lowest BCUT2D eigenvalue weighted by atomic mass is 10.3. The van der Waals surface area contributed by atoms with Crippen LogP contribution in [0.1, 0.15) is 19.8 Å². The first-order chi connectivity index (χ1) is 8.13. The standard InChI is InChI=1S/C11H17N3O3/c1-3-4-7-14(2)9-5-6-10(13-12-9)17-8-11(15)16/h5-6H,3-4,7-8H2,1-2H3,(H,15,16). The van der Waals surface area contributed by atoms with E-state index in [2.05, 4.69) is 17.1 Å². The average molecular weight is 239 g/mol. The number of hydrogen-bond donors (Lipinski definition) is 1. The number of carboxylic acids is 1. The zero-order valence-electron chi connectivity index (χ0n) is 10.1. The lowest BCUT2D eigenvalue weighted by Gasteiger charge is -2.16. The van der Waals surface area contributed by atoms with Gasteiger partial charge in [0.25, 0.3) is 0 Å². The average Bonchev–Trinajstić information content (AvgIpc) is 2.34. The minimum absolute atomic E-state index is 0.222. The Balaban J connectivity index is 2.51. The Morgan fingerprint density at radius 1 is 1.47 bits per heavy atom. The summed E-state index contributed by atoms with van der Waals surface area (Å²) in [5, 5.41) is 16.2. The Labute approximate surface area is 100 Å². The summed E-state index contributed by atoms with van der Waals surface area (Å²) in [6, 6.07) is 3.38. The van der Waals surface area contributed by atoms with Crippen molar-refractivity contribution in [2.45, 2.75) is 19.8 Å². The van der Waals surface area contributed by atoms with Gasteiger partial charge in [0.15, 0.2) is 12.4 Å². The van der Waals surface area contributed by atoms with Gasteiger partial charge < -0.3 is 14.7 Å². The topological polar surface area (TPSA) is 75.5 Å². The Morgan fingerprint density at radius 2 is 2.24 bits per heavy atom. The third-order valence-corrected chi connectivity index (χ3v) is 2.21. The lowest BCUT2D eigenvalue weighted by Crippen LogP contribution is -2.20. The third kappa shape index (κ3) is 4.67. The molecule has 1 rings (SSSR count). The SMILES string of the molecule is CCCCN(C)c1ccc(OCC(=O)O)nn1. The van der Waals surface area contributed by atoms with Crippen molar-refractivity contribution >= 4 is 11.8 Å². The van der Waals surface area contributed by atoms with Gasteiger partial charge in [-0.05, 0) is 12.5 Å². The summed E-state index contributed by atoms with van der Waals surface area (Å²) >= 11 is 0. The predicted octanol–water partition coefficient (Wildman–Crippen LogP) is 1.18. The fourth-order valence-corrected chi connectivity index (χ4v) is 1.24. The van der Waals surface area contributed by atoms with Crippen LogP contribution in [0.4, 0.5) is 5.82 Å². The molecule has 0 amide bonds. The van der Waals surface area contributed by atoms with Crippen molar-refractivity contribution in [3.63, 3.8) is 0 Å². The van der Waals surface area contributed by atoms with Crippen molar-refractivity contribution in [2.75, 3.05) is 25.1 Å². The smallest absolute Gasteiger partial charge is 0.341 e. The highest BCUT2D eigenvalue weighted by Crippen LogP contribution is 2.12. The van der Waals surface area contributed by atoms with Crippen LogP contribution < -0.4 is 9.64 Å². The molecule has 0 spiro atoms. The number of carbonyl (C=O) groups is 1. The molecule has 6 heteroatoms. The summed E-state index contributed by atoms with van der Waals surface area (Å²) in [5.74, 6) is -0.0582. The van der Waals surface area contributed by atoms with Gasteiger partial charge in [0.05, 0.1) is 0 Å². The first kappa shape index (κ1) is 13.2. The number of aliphatic carboxylic acids is 1. The number of nitrogens with zero attached hydrogens (tertiary/aromatic N) is 3. The van der Waals surface area contributed by atoms with E-state index in [4.69, 9.17) is 9.84 Å². The van der Waals surface area contributed by atoms with E-state index in [1.807, 2.05) is 11.9 Å². The highest BCUT2D eigenvalue weighted by molar-refractivity contribution is 5.68. The molecule has 0 aliphatic heterocycles. The van der Waals surface area contributed by atoms with Crippen molar-refractivity contribution < 1.29 is 14.6 Å². The quantitative estimate of drug-likeness (QED) is 0.770. The van der Waals surface area contributed by atoms with Crippen LogP contribution in [-0.4, -0.2) is 41.5 Å². The van der Waals surface area contributed by atoms with Crippen molar-refractivity contribution in [1.29, 1.82) is 0 Å². The highest BCUT2D eigenvalue weighted by Gasteiger charge is 2.04. The molecule has 0 radical (unpaired) electrons. The summed E-state index contributed by atoms with van der Waals surface area (Å²) in [4.78, 5) is 12.3. The molecule has 0 bridgehead atoms. The number of aromatic nitrogens is 2. The molecule has 0 saturated carbocycles. The summed E-state index contributed by atoms with van der Waals surface area (Å²) in [6.45, 7) is 2.64. The van der Waals surface area contributed by atoms with E-state index in [1.54, 1.807) is 12.1 Å². The zero-order valence-corrected chi connectivity index (χ0v) is 10.1. The second-order valence-corrected chi connectivity index (χ2v) is 3.69. The van der Waals surface area contributed by atoms with E-state index in [0.717, 1.165) is 25.2 Å². The van der Waals surface area contributed by atoms with Gasteiger partial charge in [-0.2, -0.15) is 0 Å². The number of carboxylic acid groups (broad SMARTS) is 1. The largest absolute Gasteiger partial charge is 0.479 e. The number of hydrogen-bond acceptors (Lipinski definition) is 5. The summed E-state index contributed by atoms with van der Waals surface area (Å²) in [7, 11) is 1.94. The molecule has 1 aromatic heterocycles. The molecule has 1 heterocycles. The number of anilines is 1. The van der Waals surface area contributed by atoms with Gasteiger partial charge in [0.2, 0.25) is 5.88 Å². The Kier molecular flexibility index (Phi) is 5.19. The molecule has 1 N–H and O–H groups in total. The van der Waals surface area contributed by atoms with Crippen LogP contribution in [0.2, 0.25) is 0 Å². The molecule has 0 unspecified atom stereocenters. The maximum Gasteiger partial charge on any atom is 0.341 e. The highest BCUT2D eigenvalue weighted by atomic mass is 16.5. The summed E-state index contributed by atoms with van der Waals surface area (Å²) in [6.07, 6.45) is 2.22. The Morgan fingerprint density at radius 3 is 2.76 bits per heavy atom. The molecule has 6 nitrogen and oxygen atoms in total. The summed E-state index contributed by atoms with van der Waals surface area (Å²) in [5.41, 5.74) is 0. The lowest BCUT2D eigenvalue weighted by molar-refractivity contribution is -0.139. The molecule has 0 fully saturated rings. The van der Waals surface area contributed by atoms with Crippen LogP contribution in [0.25, 0.3) is 0 Å². The van der Waals surface area contributed by atoms with Crippen molar-refractivity contribution in [1.82, 2.24) is 10.2 Å². The maximum absolute atomic E-state index is 10.3. The summed E-state index contributed by atoms with van der Waals surface area (Å²) < 4.78 is 4.89. The fraction of sp³-hybridized carbons (Fsp3) is 0.545.